The summed E-state index contributed by atoms with van der Waals surface area (Å²) in [4.78, 5) is 26.8. The zero-order valence-corrected chi connectivity index (χ0v) is 15.5. The number of amides is 3. The van der Waals surface area contributed by atoms with Crippen LogP contribution in [-0.2, 0) is 11.3 Å². The van der Waals surface area contributed by atoms with Crippen molar-refractivity contribution < 1.29 is 14.3 Å². The first-order valence-corrected chi connectivity index (χ1v) is 9.18. The number of hydrogen-bond acceptors (Lipinski definition) is 3. The lowest BCUT2D eigenvalue weighted by atomic mass is 9.97. The standard InChI is InChI=1S/C21H25N3O3/c1-27-19-12-6-5-8-16(19)14-22-20(25)17-9-7-13-24(15-17)21(26)23-18-10-3-2-4-11-18/h2-6,8,10-12,17H,7,9,13-15H2,1H3,(H,22,25)(H,23,26)/t17-/m0/s1. The molecule has 1 aliphatic heterocycles. The molecule has 0 saturated carbocycles. The van der Waals surface area contributed by atoms with Gasteiger partial charge in [-0.25, -0.2) is 4.79 Å². The van der Waals surface area contributed by atoms with E-state index in [1.165, 1.54) is 0 Å². The summed E-state index contributed by atoms with van der Waals surface area (Å²) >= 11 is 0. The minimum Gasteiger partial charge on any atom is -0.496 e. The summed E-state index contributed by atoms with van der Waals surface area (Å²) in [5, 5.41) is 5.86. The van der Waals surface area contributed by atoms with Gasteiger partial charge in [0, 0.05) is 30.9 Å². The lowest BCUT2D eigenvalue weighted by Gasteiger charge is -2.32. The van der Waals surface area contributed by atoms with Gasteiger partial charge in [0.15, 0.2) is 0 Å². The van der Waals surface area contributed by atoms with E-state index in [-0.39, 0.29) is 17.9 Å². The number of likely N-dealkylation sites (tertiary alicyclic amines) is 1. The summed E-state index contributed by atoms with van der Waals surface area (Å²) in [5.41, 5.74) is 1.69. The summed E-state index contributed by atoms with van der Waals surface area (Å²) in [5.74, 6) is 0.526. The zero-order chi connectivity index (χ0) is 19.1. The molecule has 6 heteroatoms. The fourth-order valence-corrected chi connectivity index (χ4v) is 3.28. The molecule has 2 aromatic carbocycles. The molecule has 1 atom stereocenters. The van der Waals surface area contributed by atoms with Crippen LogP contribution in [0.4, 0.5) is 10.5 Å². The number of benzene rings is 2. The second-order valence-electron chi connectivity index (χ2n) is 6.61. The molecule has 6 nitrogen and oxygen atoms in total. The largest absolute Gasteiger partial charge is 0.496 e. The normalized spacial score (nSPS) is 16.5. The van der Waals surface area contributed by atoms with E-state index in [0.717, 1.165) is 29.8 Å². The van der Waals surface area contributed by atoms with Crippen molar-refractivity contribution in [2.24, 2.45) is 5.92 Å². The van der Waals surface area contributed by atoms with Crippen molar-refractivity contribution in [1.82, 2.24) is 10.2 Å². The lowest BCUT2D eigenvalue weighted by Crippen LogP contribution is -2.46. The smallest absolute Gasteiger partial charge is 0.321 e. The summed E-state index contributed by atoms with van der Waals surface area (Å²) in [7, 11) is 1.62. The Balaban J connectivity index is 1.54. The fraction of sp³-hybridized carbons (Fsp3) is 0.333. The van der Waals surface area contributed by atoms with Crippen molar-refractivity contribution in [3.8, 4) is 5.75 Å². The van der Waals surface area contributed by atoms with Crippen LogP contribution < -0.4 is 15.4 Å². The second kappa shape index (κ2) is 9.07. The number of carbonyl (C=O) groups is 2. The quantitative estimate of drug-likeness (QED) is 0.852. The molecule has 0 radical (unpaired) electrons. The van der Waals surface area contributed by atoms with E-state index in [9.17, 15) is 9.59 Å². The Labute approximate surface area is 159 Å². The third-order valence-electron chi connectivity index (χ3n) is 4.75. The average Bonchev–Trinajstić information content (AvgIpc) is 2.73. The molecular weight excluding hydrogens is 342 g/mol. The molecule has 1 saturated heterocycles. The number of para-hydroxylation sites is 2. The maximum Gasteiger partial charge on any atom is 0.321 e. The molecule has 1 aliphatic rings. The molecule has 0 aliphatic carbocycles. The van der Waals surface area contributed by atoms with E-state index in [2.05, 4.69) is 10.6 Å². The van der Waals surface area contributed by atoms with Gasteiger partial charge in [0.05, 0.1) is 13.0 Å². The summed E-state index contributed by atoms with van der Waals surface area (Å²) in [6.45, 7) is 1.50. The molecule has 3 rings (SSSR count). The SMILES string of the molecule is COc1ccccc1CNC(=O)[C@H]1CCCN(C(=O)Nc2ccccc2)C1. The topological polar surface area (TPSA) is 70.7 Å². The van der Waals surface area contributed by atoms with Crippen LogP contribution >= 0.6 is 0 Å². The van der Waals surface area contributed by atoms with Crippen molar-refractivity contribution >= 4 is 17.6 Å². The maximum absolute atomic E-state index is 12.6. The molecule has 0 spiro atoms. The zero-order valence-electron chi connectivity index (χ0n) is 15.5. The Morgan fingerprint density at radius 1 is 1.11 bits per heavy atom. The Bertz CT molecular complexity index is 779. The first kappa shape index (κ1) is 18.8. The van der Waals surface area contributed by atoms with Crippen molar-refractivity contribution in [1.29, 1.82) is 0 Å². The highest BCUT2D eigenvalue weighted by Gasteiger charge is 2.28. The van der Waals surface area contributed by atoms with Gasteiger partial charge in [0.25, 0.3) is 0 Å². The van der Waals surface area contributed by atoms with Gasteiger partial charge in [-0.3, -0.25) is 4.79 Å². The molecule has 142 valence electrons. The van der Waals surface area contributed by atoms with Gasteiger partial charge < -0.3 is 20.3 Å². The van der Waals surface area contributed by atoms with Crippen molar-refractivity contribution in [3.63, 3.8) is 0 Å². The van der Waals surface area contributed by atoms with Gasteiger partial charge in [0.1, 0.15) is 5.75 Å². The number of nitrogens with zero attached hydrogens (tertiary/aromatic N) is 1. The van der Waals surface area contributed by atoms with Crippen LogP contribution in [0.5, 0.6) is 5.75 Å². The molecular formula is C21H25N3O3. The van der Waals surface area contributed by atoms with Gasteiger partial charge in [0.2, 0.25) is 5.91 Å². The Morgan fingerprint density at radius 2 is 1.85 bits per heavy atom. The summed E-state index contributed by atoms with van der Waals surface area (Å²) < 4.78 is 5.32. The van der Waals surface area contributed by atoms with Crippen molar-refractivity contribution in [3.05, 3.63) is 60.2 Å². The van der Waals surface area contributed by atoms with Gasteiger partial charge >= 0.3 is 6.03 Å². The second-order valence-corrected chi connectivity index (χ2v) is 6.61. The van der Waals surface area contributed by atoms with Gasteiger partial charge in [-0.15, -0.1) is 0 Å². The van der Waals surface area contributed by atoms with E-state index < -0.39 is 0 Å². The molecule has 0 bridgehead atoms. The average molecular weight is 367 g/mol. The van der Waals surface area contributed by atoms with Gasteiger partial charge in [-0.05, 0) is 31.0 Å². The number of ether oxygens (including phenoxy) is 1. The first-order chi connectivity index (χ1) is 13.2. The molecule has 1 heterocycles. The number of methoxy groups -OCH3 is 1. The monoisotopic (exact) mass is 367 g/mol. The molecule has 2 N–H and O–H groups in total. The van der Waals surface area contributed by atoms with Crippen molar-refractivity contribution in [2.75, 3.05) is 25.5 Å². The van der Waals surface area contributed by atoms with Crippen LogP contribution in [0.15, 0.2) is 54.6 Å². The van der Waals surface area contributed by atoms with E-state index >= 15 is 0 Å². The number of hydrogen-bond donors (Lipinski definition) is 2. The molecule has 1 fully saturated rings. The van der Waals surface area contributed by atoms with E-state index in [0.29, 0.717) is 19.6 Å². The minimum atomic E-state index is -0.199. The fourth-order valence-electron chi connectivity index (χ4n) is 3.28. The number of urea groups is 1. The number of nitrogens with one attached hydrogen (secondary N) is 2. The number of piperidine rings is 1. The Kier molecular flexibility index (Phi) is 6.30. The predicted molar refractivity (Wildman–Crippen MR) is 105 cm³/mol. The highest BCUT2D eigenvalue weighted by molar-refractivity contribution is 5.90. The summed E-state index contributed by atoms with van der Waals surface area (Å²) in [6.07, 6.45) is 1.60. The molecule has 0 aromatic heterocycles. The molecule has 3 amide bonds. The Morgan fingerprint density at radius 3 is 2.63 bits per heavy atom. The number of rotatable bonds is 5. The molecule has 27 heavy (non-hydrogen) atoms. The van der Waals surface area contributed by atoms with E-state index in [1.54, 1.807) is 12.0 Å². The highest BCUT2D eigenvalue weighted by atomic mass is 16.5. The van der Waals surface area contributed by atoms with Crippen LogP contribution in [0.25, 0.3) is 0 Å². The third kappa shape index (κ3) is 5.00. The van der Waals surface area contributed by atoms with Crippen LogP contribution in [-0.4, -0.2) is 37.0 Å². The predicted octanol–water partition coefficient (Wildman–Crippen LogP) is 3.26. The van der Waals surface area contributed by atoms with E-state index in [4.69, 9.17) is 4.74 Å². The van der Waals surface area contributed by atoms with E-state index in [1.807, 2.05) is 54.6 Å². The van der Waals surface area contributed by atoms with Crippen LogP contribution in [0.1, 0.15) is 18.4 Å². The lowest BCUT2D eigenvalue weighted by molar-refractivity contribution is -0.126. The Hall–Kier alpha value is -3.02. The van der Waals surface area contributed by atoms with Crippen LogP contribution in [0.2, 0.25) is 0 Å². The first-order valence-electron chi connectivity index (χ1n) is 9.18. The number of carbonyl (C=O) groups excluding carboxylic acids is 2. The maximum atomic E-state index is 12.6. The van der Waals surface area contributed by atoms with Crippen molar-refractivity contribution in [2.45, 2.75) is 19.4 Å². The van der Waals surface area contributed by atoms with Crippen LogP contribution in [0.3, 0.4) is 0 Å². The third-order valence-corrected chi connectivity index (χ3v) is 4.75. The van der Waals surface area contributed by atoms with Gasteiger partial charge in [-0.1, -0.05) is 36.4 Å². The van der Waals surface area contributed by atoms with Crippen LogP contribution in [0, 0.1) is 5.92 Å². The minimum absolute atomic E-state index is 0.0295. The molecule has 0 unspecified atom stereocenters. The highest BCUT2D eigenvalue weighted by Crippen LogP contribution is 2.20. The number of anilines is 1. The summed E-state index contributed by atoms with van der Waals surface area (Å²) in [6, 6.07) is 16.8. The van der Waals surface area contributed by atoms with Gasteiger partial charge in [-0.2, -0.15) is 0 Å². The molecule has 2 aromatic rings.